The standard InChI is InChI=1S/C28H24ClNO3/c1-33-28(32)25-8-3-2-6-20(25)12-16-27(31)22-7-4-5-19(17-22)9-14-24-15-11-21-10-13-23(29)18-26(21)30-24/h2-11,13-15,17-18,27,31H,12,16H2,1H3/b14-9+. The van der Waals surface area contributed by atoms with Gasteiger partial charge in [0.1, 0.15) is 0 Å². The molecule has 166 valence electrons. The van der Waals surface area contributed by atoms with Gasteiger partial charge < -0.3 is 9.84 Å². The number of aliphatic hydroxyl groups is 1. The molecular formula is C28H24ClNO3. The van der Waals surface area contributed by atoms with Gasteiger partial charge in [-0.2, -0.15) is 0 Å². The Morgan fingerprint density at radius 3 is 2.70 bits per heavy atom. The van der Waals surface area contributed by atoms with Crippen molar-refractivity contribution < 1.29 is 14.6 Å². The number of esters is 1. The molecule has 0 aliphatic carbocycles. The first-order chi connectivity index (χ1) is 16.0. The average molecular weight is 458 g/mol. The van der Waals surface area contributed by atoms with Crippen molar-refractivity contribution in [1.29, 1.82) is 0 Å². The maximum atomic E-state index is 12.0. The number of benzene rings is 3. The van der Waals surface area contributed by atoms with Gasteiger partial charge in [-0.25, -0.2) is 9.78 Å². The Morgan fingerprint density at radius 2 is 1.85 bits per heavy atom. The second-order valence-corrected chi connectivity index (χ2v) is 8.22. The fourth-order valence-corrected chi connectivity index (χ4v) is 3.92. The summed E-state index contributed by atoms with van der Waals surface area (Å²) in [5.74, 6) is -0.364. The fourth-order valence-electron chi connectivity index (χ4n) is 3.76. The van der Waals surface area contributed by atoms with Crippen molar-refractivity contribution in [2.24, 2.45) is 0 Å². The first kappa shape index (κ1) is 22.7. The molecule has 0 spiro atoms. The third-order valence-corrected chi connectivity index (χ3v) is 5.76. The number of nitrogens with zero attached hydrogens (tertiary/aromatic N) is 1. The molecule has 0 amide bonds. The summed E-state index contributed by atoms with van der Waals surface area (Å²) in [5, 5.41) is 12.5. The number of methoxy groups -OCH3 is 1. The first-order valence-corrected chi connectivity index (χ1v) is 11.1. The second kappa shape index (κ2) is 10.4. The molecule has 5 heteroatoms. The number of aliphatic hydroxyl groups excluding tert-OH is 1. The number of carbonyl (C=O) groups excluding carboxylic acids is 1. The molecule has 0 fully saturated rings. The zero-order valence-corrected chi connectivity index (χ0v) is 19.0. The summed E-state index contributed by atoms with van der Waals surface area (Å²) < 4.78 is 4.86. The number of halogens is 1. The number of hydrogen-bond acceptors (Lipinski definition) is 4. The quantitative estimate of drug-likeness (QED) is 0.321. The van der Waals surface area contributed by atoms with Crippen molar-refractivity contribution in [2.75, 3.05) is 7.11 Å². The number of aromatic nitrogens is 1. The summed E-state index contributed by atoms with van der Waals surface area (Å²) in [6.45, 7) is 0. The third-order valence-electron chi connectivity index (χ3n) is 5.53. The second-order valence-electron chi connectivity index (χ2n) is 7.78. The normalized spacial score (nSPS) is 12.2. The van der Waals surface area contributed by atoms with E-state index < -0.39 is 6.10 Å². The van der Waals surface area contributed by atoms with E-state index in [0.29, 0.717) is 23.4 Å². The molecule has 1 aromatic heterocycles. The molecule has 0 aliphatic rings. The molecule has 0 aliphatic heterocycles. The topological polar surface area (TPSA) is 59.4 Å². The minimum atomic E-state index is -0.648. The number of ether oxygens (including phenoxy) is 1. The molecule has 4 rings (SSSR count). The van der Waals surface area contributed by atoms with E-state index in [-0.39, 0.29) is 5.97 Å². The van der Waals surface area contributed by atoms with Crippen molar-refractivity contribution in [3.8, 4) is 0 Å². The van der Waals surface area contributed by atoms with Gasteiger partial charge in [0.25, 0.3) is 0 Å². The van der Waals surface area contributed by atoms with Gasteiger partial charge in [0.15, 0.2) is 0 Å². The number of carbonyl (C=O) groups is 1. The summed E-state index contributed by atoms with van der Waals surface area (Å²) in [7, 11) is 1.37. The molecule has 0 saturated heterocycles. The molecule has 1 heterocycles. The first-order valence-electron chi connectivity index (χ1n) is 10.7. The molecule has 0 radical (unpaired) electrons. The zero-order valence-electron chi connectivity index (χ0n) is 18.2. The Labute approximate surface area is 198 Å². The van der Waals surface area contributed by atoms with Gasteiger partial charge in [0, 0.05) is 10.4 Å². The molecule has 33 heavy (non-hydrogen) atoms. The Kier molecular flexibility index (Phi) is 7.18. The highest BCUT2D eigenvalue weighted by Crippen LogP contribution is 2.23. The monoisotopic (exact) mass is 457 g/mol. The van der Waals surface area contributed by atoms with Crippen LogP contribution in [-0.2, 0) is 11.2 Å². The van der Waals surface area contributed by atoms with Crippen LogP contribution in [0.3, 0.4) is 0 Å². The average Bonchev–Trinajstić information content (AvgIpc) is 2.85. The lowest BCUT2D eigenvalue weighted by Gasteiger charge is -2.13. The van der Waals surface area contributed by atoms with E-state index in [0.717, 1.165) is 33.3 Å². The van der Waals surface area contributed by atoms with Crippen LogP contribution in [0.1, 0.15) is 45.3 Å². The molecular weight excluding hydrogens is 434 g/mol. The van der Waals surface area contributed by atoms with Crippen LogP contribution in [0.5, 0.6) is 0 Å². The van der Waals surface area contributed by atoms with Gasteiger partial charge in [0.2, 0.25) is 0 Å². The Hall–Kier alpha value is -3.47. The molecule has 4 nitrogen and oxygen atoms in total. The van der Waals surface area contributed by atoms with Crippen LogP contribution >= 0.6 is 11.6 Å². The number of aryl methyl sites for hydroxylation is 1. The molecule has 1 N–H and O–H groups in total. The predicted molar refractivity (Wildman–Crippen MR) is 133 cm³/mol. The van der Waals surface area contributed by atoms with Crippen LogP contribution < -0.4 is 0 Å². The van der Waals surface area contributed by atoms with Crippen LogP contribution in [0.2, 0.25) is 5.02 Å². The molecule has 4 aromatic rings. The smallest absolute Gasteiger partial charge is 0.338 e. The fraction of sp³-hybridized carbons (Fsp3) is 0.143. The predicted octanol–water partition coefficient (Wildman–Crippen LogP) is 6.51. The number of pyridine rings is 1. The highest BCUT2D eigenvalue weighted by atomic mass is 35.5. The molecule has 3 aromatic carbocycles. The summed E-state index contributed by atoms with van der Waals surface area (Å²) >= 11 is 6.08. The van der Waals surface area contributed by atoms with Crippen molar-refractivity contribution in [1.82, 2.24) is 4.98 Å². The number of rotatable bonds is 7. The van der Waals surface area contributed by atoms with E-state index in [1.54, 1.807) is 12.1 Å². The summed E-state index contributed by atoms with van der Waals surface area (Å²) in [5.41, 5.74) is 4.87. The lowest BCUT2D eigenvalue weighted by Crippen LogP contribution is -2.07. The van der Waals surface area contributed by atoms with E-state index in [2.05, 4.69) is 4.98 Å². The molecule has 1 unspecified atom stereocenters. The van der Waals surface area contributed by atoms with Crippen molar-refractivity contribution in [3.05, 3.63) is 112 Å². The van der Waals surface area contributed by atoms with E-state index in [4.69, 9.17) is 16.3 Å². The SMILES string of the molecule is COC(=O)c1ccccc1CCC(O)c1cccc(/C=C/c2ccc3ccc(Cl)cc3n2)c1. The van der Waals surface area contributed by atoms with Gasteiger partial charge >= 0.3 is 5.97 Å². The van der Waals surface area contributed by atoms with E-state index >= 15 is 0 Å². The maximum absolute atomic E-state index is 12.0. The van der Waals surface area contributed by atoms with Crippen LogP contribution in [-0.4, -0.2) is 23.2 Å². The van der Waals surface area contributed by atoms with Gasteiger partial charge in [-0.05, 0) is 65.9 Å². The van der Waals surface area contributed by atoms with Crippen LogP contribution in [0.4, 0.5) is 0 Å². The summed E-state index contributed by atoms with van der Waals surface area (Å²) in [6.07, 6.45) is 4.33. The van der Waals surface area contributed by atoms with Crippen LogP contribution in [0, 0.1) is 0 Å². The minimum Gasteiger partial charge on any atom is -0.465 e. The minimum absolute atomic E-state index is 0.364. The van der Waals surface area contributed by atoms with Crippen LogP contribution in [0.25, 0.3) is 23.1 Å². The van der Waals surface area contributed by atoms with E-state index in [9.17, 15) is 9.90 Å². The lowest BCUT2D eigenvalue weighted by molar-refractivity contribution is 0.0599. The van der Waals surface area contributed by atoms with Crippen LogP contribution in [0.15, 0.2) is 78.9 Å². The highest BCUT2D eigenvalue weighted by molar-refractivity contribution is 6.31. The number of hydrogen-bond donors (Lipinski definition) is 1. The summed E-state index contributed by atoms with van der Waals surface area (Å²) in [6, 6.07) is 24.7. The Bertz CT molecular complexity index is 1320. The zero-order chi connectivity index (χ0) is 23.2. The van der Waals surface area contributed by atoms with Gasteiger partial charge in [0.05, 0.1) is 30.0 Å². The Morgan fingerprint density at radius 1 is 1.03 bits per heavy atom. The highest BCUT2D eigenvalue weighted by Gasteiger charge is 2.14. The van der Waals surface area contributed by atoms with Crippen molar-refractivity contribution in [3.63, 3.8) is 0 Å². The largest absolute Gasteiger partial charge is 0.465 e. The van der Waals surface area contributed by atoms with Crippen molar-refractivity contribution in [2.45, 2.75) is 18.9 Å². The van der Waals surface area contributed by atoms with Gasteiger partial charge in [-0.15, -0.1) is 0 Å². The van der Waals surface area contributed by atoms with Gasteiger partial charge in [-0.1, -0.05) is 66.2 Å². The van der Waals surface area contributed by atoms with Crippen molar-refractivity contribution >= 4 is 40.6 Å². The third kappa shape index (κ3) is 5.67. The van der Waals surface area contributed by atoms with Gasteiger partial charge in [-0.3, -0.25) is 0 Å². The Balaban J connectivity index is 1.46. The van der Waals surface area contributed by atoms with E-state index in [1.807, 2.05) is 78.9 Å². The number of fused-ring (bicyclic) bond motifs is 1. The lowest BCUT2D eigenvalue weighted by atomic mass is 9.97. The maximum Gasteiger partial charge on any atom is 0.338 e. The summed E-state index contributed by atoms with van der Waals surface area (Å²) in [4.78, 5) is 16.6. The molecule has 0 saturated carbocycles. The molecule has 0 bridgehead atoms. The van der Waals surface area contributed by atoms with E-state index in [1.165, 1.54) is 7.11 Å². The molecule has 1 atom stereocenters.